The van der Waals surface area contributed by atoms with E-state index in [4.69, 9.17) is 4.74 Å². The fourth-order valence-corrected chi connectivity index (χ4v) is 4.30. The first kappa shape index (κ1) is 12.9. The molecular formula is C15H26O2. The van der Waals surface area contributed by atoms with Gasteiger partial charge in [-0.25, -0.2) is 0 Å². The van der Waals surface area contributed by atoms with Crippen molar-refractivity contribution >= 4 is 5.97 Å². The zero-order valence-electron chi connectivity index (χ0n) is 11.5. The van der Waals surface area contributed by atoms with Gasteiger partial charge in [-0.15, -0.1) is 0 Å². The predicted octanol–water partition coefficient (Wildman–Crippen LogP) is 3.79. The second-order valence-electron chi connectivity index (χ2n) is 6.31. The molecule has 2 fully saturated rings. The van der Waals surface area contributed by atoms with E-state index in [2.05, 4.69) is 13.8 Å². The highest BCUT2D eigenvalue weighted by Crippen LogP contribution is 2.52. The Balaban J connectivity index is 2.12. The van der Waals surface area contributed by atoms with Gasteiger partial charge in [0.1, 0.15) is 0 Å². The van der Waals surface area contributed by atoms with Crippen LogP contribution in [0.4, 0.5) is 0 Å². The number of carbonyl (C=O) groups excluding carboxylic acids is 1. The number of rotatable bonds is 3. The molecule has 17 heavy (non-hydrogen) atoms. The fraction of sp³-hybridized carbons (Fsp3) is 0.933. The lowest BCUT2D eigenvalue weighted by Crippen LogP contribution is -2.43. The molecule has 98 valence electrons. The Morgan fingerprint density at radius 2 is 1.76 bits per heavy atom. The third-order valence-corrected chi connectivity index (χ3v) is 4.88. The van der Waals surface area contributed by atoms with Gasteiger partial charge in [0, 0.05) is 0 Å². The van der Waals surface area contributed by atoms with Crippen LogP contribution in [0.3, 0.4) is 0 Å². The van der Waals surface area contributed by atoms with E-state index in [1.165, 1.54) is 19.3 Å². The fourth-order valence-electron chi connectivity index (χ4n) is 4.30. The number of fused-ring (bicyclic) bond motifs is 2. The van der Waals surface area contributed by atoms with Crippen LogP contribution in [0.2, 0.25) is 0 Å². The second-order valence-corrected chi connectivity index (χ2v) is 6.31. The van der Waals surface area contributed by atoms with Crippen molar-refractivity contribution in [2.45, 2.75) is 59.3 Å². The van der Waals surface area contributed by atoms with Crippen LogP contribution in [-0.2, 0) is 9.53 Å². The summed E-state index contributed by atoms with van der Waals surface area (Å²) in [5.74, 6) is 2.46. The molecular weight excluding hydrogens is 212 g/mol. The van der Waals surface area contributed by atoms with Gasteiger partial charge in [-0.2, -0.15) is 0 Å². The maximum Gasteiger partial charge on any atom is 0.312 e. The van der Waals surface area contributed by atoms with E-state index < -0.39 is 0 Å². The Morgan fingerprint density at radius 1 is 1.18 bits per heavy atom. The third kappa shape index (κ3) is 2.51. The summed E-state index contributed by atoms with van der Waals surface area (Å²) in [6, 6.07) is 0. The number of carbonyl (C=O) groups is 1. The highest BCUT2D eigenvalue weighted by Gasteiger charge is 2.47. The lowest BCUT2D eigenvalue weighted by atomic mass is 9.58. The van der Waals surface area contributed by atoms with Gasteiger partial charge in [0.15, 0.2) is 0 Å². The van der Waals surface area contributed by atoms with Gasteiger partial charge >= 0.3 is 5.97 Å². The average molecular weight is 238 g/mol. The highest BCUT2D eigenvalue weighted by molar-refractivity contribution is 5.77. The average Bonchev–Trinajstić information content (AvgIpc) is 2.27. The van der Waals surface area contributed by atoms with Crippen molar-refractivity contribution in [1.82, 2.24) is 0 Å². The van der Waals surface area contributed by atoms with Crippen LogP contribution >= 0.6 is 0 Å². The van der Waals surface area contributed by atoms with E-state index in [1.54, 1.807) is 0 Å². The summed E-state index contributed by atoms with van der Waals surface area (Å²) in [4.78, 5) is 12.2. The Bertz CT molecular complexity index is 267. The summed E-state index contributed by atoms with van der Waals surface area (Å²) < 4.78 is 5.33. The Hall–Kier alpha value is -0.530. The molecule has 2 aliphatic rings. The summed E-state index contributed by atoms with van der Waals surface area (Å²) in [6.07, 6.45) is 7.08. The smallest absolute Gasteiger partial charge is 0.312 e. The molecule has 0 radical (unpaired) electrons. The van der Waals surface area contributed by atoms with Crippen LogP contribution in [-0.4, -0.2) is 12.6 Å². The number of hydrogen-bond acceptors (Lipinski definition) is 2. The van der Waals surface area contributed by atoms with Gasteiger partial charge in [0.2, 0.25) is 0 Å². The highest BCUT2D eigenvalue weighted by atomic mass is 16.5. The second kappa shape index (κ2) is 4.99. The van der Waals surface area contributed by atoms with E-state index in [0.717, 1.165) is 37.0 Å². The normalized spacial score (nSPS) is 41.0. The molecule has 0 aromatic heterocycles. The number of ether oxygens (including phenoxy) is 1. The molecule has 0 spiro atoms. The SMILES string of the molecule is CCOC(=O)C1(CC)CC2CC(C)CC(C2)C1. The minimum absolute atomic E-state index is 0.0757. The molecule has 0 aliphatic heterocycles. The number of esters is 1. The van der Waals surface area contributed by atoms with E-state index in [9.17, 15) is 4.79 Å². The minimum atomic E-state index is -0.149. The van der Waals surface area contributed by atoms with Gasteiger partial charge in [0.25, 0.3) is 0 Å². The summed E-state index contributed by atoms with van der Waals surface area (Å²) in [6.45, 7) is 6.95. The molecule has 0 saturated heterocycles. The molecule has 0 N–H and O–H groups in total. The van der Waals surface area contributed by atoms with Gasteiger partial charge in [-0.3, -0.25) is 4.79 Å². The van der Waals surface area contributed by atoms with Crippen molar-refractivity contribution in [1.29, 1.82) is 0 Å². The molecule has 0 amide bonds. The summed E-state index contributed by atoms with van der Waals surface area (Å²) in [5, 5.41) is 0. The first-order valence-corrected chi connectivity index (χ1v) is 7.27. The Kier molecular flexibility index (Phi) is 3.79. The van der Waals surface area contributed by atoms with Crippen molar-refractivity contribution in [3.63, 3.8) is 0 Å². The zero-order chi connectivity index (χ0) is 12.5. The van der Waals surface area contributed by atoms with Crippen LogP contribution < -0.4 is 0 Å². The summed E-state index contributed by atoms with van der Waals surface area (Å²) in [7, 11) is 0. The van der Waals surface area contributed by atoms with Crippen molar-refractivity contribution in [2.75, 3.05) is 6.61 Å². The molecule has 0 aromatic carbocycles. The van der Waals surface area contributed by atoms with Gasteiger partial charge in [-0.1, -0.05) is 13.8 Å². The van der Waals surface area contributed by atoms with Crippen LogP contribution in [0.1, 0.15) is 59.3 Å². The van der Waals surface area contributed by atoms with Crippen molar-refractivity contribution in [3.05, 3.63) is 0 Å². The summed E-state index contributed by atoms with van der Waals surface area (Å²) in [5.41, 5.74) is -0.149. The molecule has 2 bridgehead atoms. The molecule has 2 aliphatic carbocycles. The van der Waals surface area contributed by atoms with Crippen LogP contribution in [0, 0.1) is 23.2 Å². The Morgan fingerprint density at radius 3 is 2.24 bits per heavy atom. The summed E-state index contributed by atoms with van der Waals surface area (Å²) >= 11 is 0. The van der Waals surface area contributed by atoms with Gasteiger partial charge < -0.3 is 4.74 Å². The largest absolute Gasteiger partial charge is 0.466 e. The molecule has 2 nitrogen and oxygen atoms in total. The quantitative estimate of drug-likeness (QED) is 0.699. The van der Waals surface area contributed by atoms with Crippen molar-refractivity contribution in [2.24, 2.45) is 23.2 Å². The topological polar surface area (TPSA) is 26.3 Å². The molecule has 2 saturated carbocycles. The first-order valence-electron chi connectivity index (χ1n) is 7.27. The third-order valence-electron chi connectivity index (χ3n) is 4.88. The van der Waals surface area contributed by atoms with Crippen LogP contribution in [0.25, 0.3) is 0 Å². The first-order chi connectivity index (χ1) is 8.09. The maximum absolute atomic E-state index is 12.2. The van der Waals surface area contributed by atoms with Crippen molar-refractivity contribution < 1.29 is 9.53 Å². The van der Waals surface area contributed by atoms with E-state index in [-0.39, 0.29) is 11.4 Å². The molecule has 2 unspecified atom stereocenters. The molecule has 2 atom stereocenters. The number of hydrogen-bond donors (Lipinski definition) is 0. The zero-order valence-corrected chi connectivity index (χ0v) is 11.5. The lowest BCUT2D eigenvalue weighted by Gasteiger charge is -2.47. The van der Waals surface area contributed by atoms with Gasteiger partial charge in [0.05, 0.1) is 12.0 Å². The van der Waals surface area contributed by atoms with E-state index in [0.29, 0.717) is 6.61 Å². The lowest BCUT2D eigenvalue weighted by molar-refractivity contribution is -0.162. The van der Waals surface area contributed by atoms with E-state index in [1.807, 2.05) is 6.92 Å². The monoisotopic (exact) mass is 238 g/mol. The standard InChI is InChI=1S/C15H26O2/c1-4-15(14(16)17-5-2)9-12-6-11(3)7-13(8-12)10-15/h11-13H,4-10H2,1-3H3. The van der Waals surface area contributed by atoms with Crippen molar-refractivity contribution in [3.8, 4) is 0 Å². The van der Waals surface area contributed by atoms with Gasteiger partial charge in [-0.05, 0) is 63.2 Å². The minimum Gasteiger partial charge on any atom is -0.466 e. The molecule has 2 heteroatoms. The van der Waals surface area contributed by atoms with E-state index >= 15 is 0 Å². The molecule has 0 heterocycles. The van der Waals surface area contributed by atoms with Crippen LogP contribution in [0.5, 0.6) is 0 Å². The Labute approximate surface area is 105 Å². The predicted molar refractivity (Wildman–Crippen MR) is 68.6 cm³/mol. The molecule has 0 aromatic rings. The maximum atomic E-state index is 12.2. The van der Waals surface area contributed by atoms with Crippen LogP contribution in [0.15, 0.2) is 0 Å². The molecule has 2 rings (SSSR count).